The number of hydrogen-bond acceptors (Lipinski definition) is 3. The number of aromatic hydroxyl groups is 1. The molecule has 1 aromatic carbocycles. The van der Waals surface area contributed by atoms with E-state index in [4.69, 9.17) is 0 Å². The summed E-state index contributed by atoms with van der Waals surface area (Å²) in [6.07, 6.45) is 0. The number of nitrogens with one attached hydrogen (secondary N) is 1. The van der Waals surface area contributed by atoms with Gasteiger partial charge in [-0.15, -0.1) is 11.8 Å². The minimum Gasteiger partial charge on any atom is -0.508 e. The van der Waals surface area contributed by atoms with Gasteiger partial charge in [0.1, 0.15) is 5.75 Å². The number of phenols is 1. The zero-order valence-corrected chi connectivity index (χ0v) is 9.36. The lowest BCUT2D eigenvalue weighted by Crippen LogP contribution is -2.12. The van der Waals surface area contributed by atoms with Crippen LogP contribution in [0.5, 0.6) is 5.75 Å². The lowest BCUT2D eigenvalue weighted by molar-refractivity contribution is 0.464. The van der Waals surface area contributed by atoms with Crippen LogP contribution in [0.25, 0.3) is 0 Å². The molecule has 1 aromatic rings. The molecular formula is C9H10BrNOS. The van der Waals surface area contributed by atoms with Gasteiger partial charge < -0.3 is 10.4 Å². The van der Waals surface area contributed by atoms with Crippen molar-refractivity contribution in [2.45, 2.75) is 5.37 Å². The molecule has 1 aliphatic heterocycles. The average Bonchev–Trinajstić information content (AvgIpc) is 2.57. The third kappa shape index (κ3) is 1.85. The van der Waals surface area contributed by atoms with Crippen LogP contribution in [0, 0.1) is 0 Å². The van der Waals surface area contributed by atoms with Crippen LogP contribution < -0.4 is 5.32 Å². The molecule has 13 heavy (non-hydrogen) atoms. The Morgan fingerprint density at radius 1 is 1.54 bits per heavy atom. The molecule has 0 bridgehead atoms. The van der Waals surface area contributed by atoms with Crippen molar-refractivity contribution in [3.05, 3.63) is 28.2 Å². The van der Waals surface area contributed by atoms with Gasteiger partial charge in [-0.1, -0.05) is 22.0 Å². The Balaban J connectivity index is 2.37. The van der Waals surface area contributed by atoms with Crippen LogP contribution in [0.2, 0.25) is 0 Å². The minimum absolute atomic E-state index is 0.232. The molecule has 0 aliphatic carbocycles. The van der Waals surface area contributed by atoms with Crippen molar-refractivity contribution in [1.82, 2.24) is 5.32 Å². The quantitative estimate of drug-likeness (QED) is 0.813. The Labute approximate surface area is 89.9 Å². The molecule has 1 heterocycles. The standard InChI is InChI=1S/C9H10BrNOS/c10-6-2-1-3-7(12)8(6)9-11-4-5-13-9/h1-3,9,11-12H,4-5H2. The summed E-state index contributed by atoms with van der Waals surface area (Å²) in [6.45, 7) is 1.01. The first kappa shape index (κ1) is 9.37. The highest BCUT2D eigenvalue weighted by Crippen LogP contribution is 2.39. The van der Waals surface area contributed by atoms with Gasteiger partial charge in [0.2, 0.25) is 0 Å². The summed E-state index contributed by atoms with van der Waals surface area (Å²) in [4.78, 5) is 0. The van der Waals surface area contributed by atoms with Gasteiger partial charge in [-0.25, -0.2) is 0 Å². The topological polar surface area (TPSA) is 32.3 Å². The van der Waals surface area contributed by atoms with E-state index in [-0.39, 0.29) is 5.37 Å². The van der Waals surface area contributed by atoms with E-state index >= 15 is 0 Å². The summed E-state index contributed by atoms with van der Waals surface area (Å²) in [7, 11) is 0. The first-order valence-electron chi connectivity index (χ1n) is 4.11. The summed E-state index contributed by atoms with van der Waals surface area (Å²) >= 11 is 5.27. The zero-order chi connectivity index (χ0) is 9.26. The number of rotatable bonds is 1. The van der Waals surface area contributed by atoms with Gasteiger partial charge >= 0.3 is 0 Å². The van der Waals surface area contributed by atoms with Crippen LogP contribution in [0.1, 0.15) is 10.9 Å². The van der Waals surface area contributed by atoms with Crippen molar-refractivity contribution >= 4 is 27.7 Å². The van der Waals surface area contributed by atoms with Gasteiger partial charge in [0, 0.05) is 22.3 Å². The number of hydrogen-bond donors (Lipinski definition) is 2. The molecule has 0 aromatic heterocycles. The van der Waals surface area contributed by atoms with Gasteiger partial charge in [-0.2, -0.15) is 0 Å². The maximum absolute atomic E-state index is 9.67. The Morgan fingerprint density at radius 3 is 3.00 bits per heavy atom. The van der Waals surface area contributed by atoms with Gasteiger partial charge in [0.15, 0.2) is 0 Å². The highest BCUT2D eigenvalue weighted by molar-refractivity contribution is 9.10. The van der Waals surface area contributed by atoms with E-state index in [1.165, 1.54) is 0 Å². The normalized spacial score (nSPS) is 22.1. The number of phenolic OH excluding ortho intramolecular Hbond substituents is 1. The molecule has 0 saturated carbocycles. The number of benzene rings is 1. The molecule has 4 heteroatoms. The fourth-order valence-electron chi connectivity index (χ4n) is 1.40. The molecule has 0 spiro atoms. The number of halogens is 1. The summed E-state index contributed by atoms with van der Waals surface area (Å²) in [5, 5.41) is 13.2. The molecule has 1 unspecified atom stereocenters. The van der Waals surface area contributed by atoms with Gasteiger partial charge in [0.25, 0.3) is 0 Å². The minimum atomic E-state index is 0.232. The lowest BCUT2D eigenvalue weighted by Gasteiger charge is -2.13. The van der Waals surface area contributed by atoms with Gasteiger partial charge in [0.05, 0.1) is 5.37 Å². The van der Waals surface area contributed by atoms with Crippen molar-refractivity contribution < 1.29 is 5.11 Å². The van der Waals surface area contributed by atoms with Crippen molar-refractivity contribution in [1.29, 1.82) is 0 Å². The lowest BCUT2D eigenvalue weighted by atomic mass is 10.2. The molecule has 2 nitrogen and oxygen atoms in total. The summed E-state index contributed by atoms with van der Waals surface area (Å²) in [5.41, 5.74) is 0.963. The van der Waals surface area contributed by atoms with Gasteiger partial charge in [-0.05, 0) is 12.1 Å². The average molecular weight is 260 g/mol. The van der Waals surface area contributed by atoms with E-state index in [0.717, 1.165) is 22.3 Å². The highest BCUT2D eigenvalue weighted by Gasteiger charge is 2.21. The highest BCUT2D eigenvalue weighted by atomic mass is 79.9. The van der Waals surface area contributed by atoms with E-state index in [0.29, 0.717) is 5.75 Å². The Morgan fingerprint density at radius 2 is 2.38 bits per heavy atom. The van der Waals surface area contributed by atoms with Crippen molar-refractivity contribution in [3.63, 3.8) is 0 Å². The zero-order valence-electron chi connectivity index (χ0n) is 6.96. The third-order valence-electron chi connectivity index (χ3n) is 2.01. The molecule has 1 saturated heterocycles. The largest absolute Gasteiger partial charge is 0.508 e. The molecule has 1 atom stereocenters. The maximum atomic E-state index is 9.67. The first-order valence-corrected chi connectivity index (χ1v) is 5.95. The summed E-state index contributed by atoms with van der Waals surface area (Å²) in [5.74, 6) is 1.46. The Kier molecular flexibility index (Phi) is 2.81. The van der Waals surface area contributed by atoms with E-state index in [1.54, 1.807) is 6.07 Å². The summed E-state index contributed by atoms with van der Waals surface area (Å²) in [6, 6.07) is 5.51. The van der Waals surface area contributed by atoms with Crippen molar-refractivity contribution in [2.75, 3.05) is 12.3 Å². The van der Waals surface area contributed by atoms with Crippen molar-refractivity contribution in [3.8, 4) is 5.75 Å². The second-order valence-corrected chi connectivity index (χ2v) is 4.94. The molecule has 70 valence electrons. The molecule has 1 aliphatic rings. The van der Waals surface area contributed by atoms with Crippen molar-refractivity contribution in [2.24, 2.45) is 0 Å². The smallest absolute Gasteiger partial charge is 0.122 e. The molecule has 2 N–H and O–H groups in total. The molecule has 1 fully saturated rings. The fraction of sp³-hybridized carbons (Fsp3) is 0.333. The number of thioether (sulfide) groups is 1. The molecular weight excluding hydrogens is 250 g/mol. The van der Waals surface area contributed by atoms with Crippen LogP contribution in [-0.2, 0) is 0 Å². The molecule has 0 radical (unpaired) electrons. The maximum Gasteiger partial charge on any atom is 0.122 e. The monoisotopic (exact) mass is 259 g/mol. The van der Waals surface area contributed by atoms with E-state index in [2.05, 4.69) is 21.2 Å². The fourth-order valence-corrected chi connectivity index (χ4v) is 3.25. The second-order valence-electron chi connectivity index (χ2n) is 2.88. The predicted octanol–water partition coefficient (Wildman–Crippen LogP) is 2.49. The van der Waals surface area contributed by atoms with E-state index in [9.17, 15) is 5.11 Å². The van der Waals surface area contributed by atoms with E-state index < -0.39 is 0 Å². The first-order chi connectivity index (χ1) is 6.29. The van der Waals surface area contributed by atoms with Crippen LogP contribution in [0.3, 0.4) is 0 Å². The van der Waals surface area contributed by atoms with Crippen LogP contribution in [0.4, 0.5) is 0 Å². The van der Waals surface area contributed by atoms with E-state index in [1.807, 2.05) is 23.9 Å². The van der Waals surface area contributed by atoms with Crippen LogP contribution in [0.15, 0.2) is 22.7 Å². The SMILES string of the molecule is Oc1cccc(Br)c1C1NCCS1. The second kappa shape index (κ2) is 3.90. The third-order valence-corrected chi connectivity index (χ3v) is 3.88. The van der Waals surface area contributed by atoms with Crippen LogP contribution >= 0.6 is 27.7 Å². The predicted molar refractivity (Wildman–Crippen MR) is 59.0 cm³/mol. The Hall–Kier alpha value is -0.190. The molecule has 2 rings (SSSR count). The van der Waals surface area contributed by atoms with Crippen LogP contribution in [-0.4, -0.2) is 17.4 Å². The molecule has 0 amide bonds. The van der Waals surface area contributed by atoms with Gasteiger partial charge in [-0.3, -0.25) is 0 Å². The Bertz CT molecular complexity index is 292. The summed E-state index contributed by atoms with van der Waals surface area (Å²) < 4.78 is 0.972.